The van der Waals surface area contributed by atoms with Gasteiger partial charge in [0.05, 0.1) is 12.0 Å². The Morgan fingerprint density at radius 2 is 2.29 bits per heavy atom. The second-order valence-corrected chi connectivity index (χ2v) is 3.69. The highest BCUT2D eigenvalue weighted by Crippen LogP contribution is 2.22. The van der Waals surface area contributed by atoms with Crippen molar-refractivity contribution in [3.63, 3.8) is 0 Å². The van der Waals surface area contributed by atoms with E-state index in [1.165, 1.54) is 0 Å². The highest BCUT2D eigenvalue weighted by Gasteiger charge is 2.03. The molecule has 1 atom stereocenters. The van der Waals surface area contributed by atoms with Crippen molar-refractivity contribution in [3.8, 4) is 11.8 Å². The summed E-state index contributed by atoms with van der Waals surface area (Å²) in [6.07, 6.45) is 0. The largest absolute Gasteiger partial charge is 0.492 e. The molecule has 0 heterocycles. The van der Waals surface area contributed by atoms with Crippen LogP contribution in [0, 0.1) is 24.2 Å². The van der Waals surface area contributed by atoms with Crippen LogP contribution in [-0.2, 0) is 0 Å². The molecule has 0 saturated heterocycles. The Balaban J connectivity index is 2.64. The summed E-state index contributed by atoms with van der Waals surface area (Å²) < 4.78 is 5.46. The molecule has 0 amide bonds. The van der Waals surface area contributed by atoms with Gasteiger partial charge in [0.25, 0.3) is 0 Å². The lowest BCUT2D eigenvalue weighted by Gasteiger charge is -2.09. The van der Waals surface area contributed by atoms with Gasteiger partial charge in [-0.25, -0.2) is 0 Å². The standard InChI is InChI=1S/C11H12ClNO/c1-8(6-13)7-14-11-4-3-10(12)5-9(11)2/h3-5,8H,7H2,1-2H3. The van der Waals surface area contributed by atoms with Crippen LogP contribution in [0.2, 0.25) is 5.02 Å². The number of nitrogens with zero attached hydrogens (tertiary/aromatic N) is 1. The lowest BCUT2D eigenvalue weighted by molar-refractivity contribution is 0.286. The predicted molar refractivity (Wildman–Crippen MR) is 56.5 cm³/mol. The summed E-state index contributed by atoms with van der Waals surface area (Å²) in [4.78, 5) is 0. The van der Waals surface area contributed by atoms with E-state index in [0.717, 1.165) is 11.3 Å². The molecule has 0 saturated carbocycles. The average molecular weight is 210 g/mol. The van der Waals surface area contributed by atoms with Crippen LogP contribution in [-0.4, -0.2) is 6.61 Å². The first-order valence-corrected chi connectivity index (χ1v) is 4.80. The fourth-order valence-corrected chi connectivity index (χ4v) is 1.25. The lowest BCUT2D eigenvalue weighted by atomic mass is 10.2. The fourth-order valence-electron chi connectivity index (χ4n) is 1.03. The second-order valence-electron chi connectivity index (χ2n) is 3.25. The van der Waals surface area contributed by atoms with Gasteiger partial charge in [-0.3, -0.25) is 0 Å². The van der Waals surface area contributed by atoms with Crippen molar-refractivity contribution in [1.29, 1.82) is 5.26 Å². The monoisotopic (exact) mass is 209 g/mol. The van der Waals surface area contributed by atoms with Crippen LogP contribution in [0.3, 0.4) is 0 Å². The van der Waals surface area contributed by atoms with Gasteiger partial charge < -0.3 is 4.74 Å². The molecule has 1 aromatic rings. The Kier molecular flexibility index (Phi) is 3.79. The minimum Gasteiger partial charge on any atom is -0.492 e. The molecule has 0 aliphatic heterocycles. The zero-order valence-corrected chi connectivity index (χ0v) is 9.01. The normalized spacial score (nSPS) is 11.9. The Hall–Kier alpha value is -1.20. The smallest absolute Gasteiger partial charge is 0.122 e. The Morgan fingerprint density at radius 3 is 2.86 bits per heavy atom. The Bertz CT molecular complexity index is 357. The van der Waals surface area contributed by atoms with E-state index in [0.29, 0.717) is 11.6 Å². The van der Waals surface area contributed by atoms with Gasteiger partial charge in [0.1, 0.15) is 12.4 Å². The molecule has 0 spiro atoms. The summed E-state index contributed by atoms with van der Waals surface area (Å²) >= 11 is 5.80. The molecule has 74 valence electrons. The van der Waals surface area contributed by atoms with Crippen LogP contribution in [0.1, 0.15) is 12.5 Å². The van der Waals surface area contributed by atoms with Crippen molar-refractivity contribution >= 4 is 11.6 Å². The SMILES string of the molecule is Cc1cc(Cl)ccc1OCC(C)C#N. The molecular formula is C11H12ClNO. The summed E-state index contributed by atoms with van der Waals surface area (Å²) in [5.41, 5.74) is 0.989. The third-order valence-corrected chi connectivity index (χ3v) is 2.08. The Morgan fingerprint density at radius 1 is 1.57 bits per heavy atom. The zero-order chi connectivity index (χ0) is 10.6. The minimum absolute atomic E-state index is 0.0925. The number of halogens is 1. The molecule has 2 nitrogen and oxygen atoms in total. The van der Waals surface area contributed by atoms with Crippen molar-refractivity contribution in [1.82, 2.24) is 0 Å². The van der Waals surface area contributed by atoms with Crippen molar-refractivity contribution in [2.45, 2.75) is 13.8 Å². The number of ether oxygens (including phenoxy) is 1. The van der Waals surface area contributed by atoms with E-state index in [4.69, 9.17) is 21.6 Å². The second kappa shape index (κ2) is 4.88. The van der Waals surface area contributed by atoms with Gasteiger partial charge in [-0.2, -0.15) is 5.26 Å². The number of nitriles is 1. The first-order valence-electron chi connectivity index (χ1n) is 4.42. The lowest BCUT2D eigenvalue weighted by Crippen LogP contribution is -2.06. The van der Waals surface area contributed by atoms with Crippen LogP contribution in [0.25, 0.3) is 0 Å². The highest BCUT2D eigenvalue weighted by molar-refractivity contribution is 6.30. The molecule has 1 rings (SSSR count). The summed E-state index contributed by atoms with van der Waals surface area (Å²) in [6, 6.07) is 7.56. The van der Waals surface area contributed by atoms with Gasteiger partial charge in [0.15, 0.2) is 0 Å². The maximum Gasteiger partial charge on any atom is 0.122 e. The van der Waals surface area contributed by atoms with E-state index in [1.807, 2.05) is 26.0 Å². The van der Waals surface area contributed by atoms with E-state index in [2.05, 4.69) is 6.07 Å². The van der Waals surface area contributed by atoms with Crippen LogP contribution >= 0.6 is 11.6 Å². The van der Waals surface area contributed by atoms with E-state index < -0.39 is 0 Å². The molecule has 14 heavy (non-hydrogen) atoms. The zero-order valence-electron chi connectivity index (χ0n) is 8.25. The van der Waals surface area contributed by atoms with E-state index >= 15 is 0 Å². The minimum atomic E-state index is -0.0925. The van der Waals surface area contributed by atoms with Crippen LogP contribution in [0.4, 0.5) is 0 Å². The highest BCUT2D eigenvalue weighted by atomic mass is 35.5. The summed E-state index contributed by atoms with van der Waals surface area (Å²) in [5, 5.41) is 9.27. The molecule has 0 N–H and O–H groups in total. The van der Waals surface area contributed by atoms with Gasteiger partial charge in [-0.05, 0) is 37.6 Å². The summed E-state index contributed by atoms with van der Waals surface area (Å²) in [7, 11) is 0. The Labute approximate surface area is 89.1 Å². The van der Waals surface area contributed by atoms with Crippen molar-refractivity contribution < 1.29 is 4.74 Å². The van der Waals surface area contributed by atoms with E-state index in [1.54, 1.807) is 6.07 Å². The molecule has 0 aliphatic carbocycles. The molecule has 1 aromatic carbocycles. The molecule has 0 fully saturated rings. The third kappa shape index (κ3) is 2.93. The van der Waals surface area contributed by atoms with E-state index in [9.17, 15) is 0 Å². The maximum absolute atomic E-state index is 8.58. The van der Waals surface area contributed by atoms with Crippen molar-refractivity contribution in [3.05, 3.63) is 28.8 Å². The number of hydrogen-bond acceptors (Lipinski definition) is 2. The quantitative estimate of drug-likeness (QED) is 0.766. The number of aryl methyl sites for hydroxylation is 1. The van der Waals surface area contributed by atoms with Gasteiger partial charge in [-0.15, -0.1) is 0 Å². The first kappa shape index (κ1) is 10.9. The van der Waals surface area contributed by atoms with Gasteiger partial charge >= 0.3 is 0 Å². The van der Waals surface area contributed by atoms with Crippen molar-refractivity contribution in [2.24, 2.45) is 5.92 Å². The number of hydrogen-bond donors (Lipinski definition) is 0. The summed E-state index contributed by atoms with van der Waals surface area (Å²) in [5.74, 6) is 0.696. The maximum atomic E-state index is 8.58. The first-order chi connectivity index (χ1) is 6.63. The van der Waals surface area contributed by atoms with Crippen LogP contribution < -0.4 is 4.74 Å². The summed E-state index contributed by atoms with van der Waals surface area (Å²) in [6.45, 7) is 4.17. The van der Waals surface area contributed by atoms with Gasteiger partial charge in [0, 0.05) is 5.02 Å². The average Bonchev–Trinajstić information content (AvgIpc) is 2.16. The number of benzene rings is 1. The molecule has 3 heteroatoms. The van der Waals surface area contributed by atoms with Crippen LogP contribution in [0.5, 0.6) is 5.75 Å². The topological polar surface area (TPSA) is 33.0 Å². The number of rotatable bonds is 3. The van der Waals surface area contributed by atoms with Gasteiger partial charge in [-0.1, -0.05) is 11.6 Å². The molecule has 0 aromatic heterocycles. The van der Waals surface area contributed by atoms with Crippen molar-refractivity contribution in [2.75, 3.05) is 6.61 Å². The van der Waals surface area contributed by atoms with Gasteiger partial charge in [0.2, 0.25) is 0 Å². The predicted octanol–water partition coefficient (Wildman–Crippen LogP) is 3.19. The molecule has 0 radical (unpaired) electrons. The fraction of sp³-hybridized carbons (Fsp3) is 0.364. The molecule has 1 unspecified atom stereocenters. The molecular weight excluding hydrogens is 198 g/mol. The third-order valence-electron chi connectivity index (χ3n) is 1.85. The van der Waals surface area contributed by atoms with E-state index in [-0.39, 0.29) is 5.92 Å². The van der Waals surface area contributed by atoms with Crippen LogP contribution in [0.15, 0.2) is 18.2 Å². The molecule has 0 bridgehead atoms. The molecule has 0 aliphatic rings.